The monoisotopic (exact) mass is 344 g/mol. The normalized spacial score (nSPS) is 10.9. The van der Waals surface area contributed by atoms with Crippen molar-refractivity contribution >= 4 is 34.2 Å². The molecule has 26 heavy (non-hydrogen) atoms. The molecule has 0 saturated heterocycles. The van der Waals surface area contributed by atoms with Gasteiger partial charge >= 0.3 is 0 Å². The standard InChI is InChI=1S/C20H20N6/c1-13-8-10-15(11-9-13)22-20-24-18(16-12-21-26(3)19(16)25-20)23-17-7-5-4-6-14(17)2/h4-12H,1-3H3,(H2,22,23,24,25). The van der Waals surface area contributed by atoms with Crippen LogP contribution < -0.4 is 10.6 Å². The van der Waals surface area contributed by atoms with Gasteiger partial charge in [-0.3, -0.25) is 4.68 Å². The highest BCUT2D eigenvalue weighted by atomic mass is 15.3. The Morgan fingerprint density at radius 1 is 0.885 bits per heavy atom. The molecule has 0 radical (unpaired) electrons. The summed E-state index contributed by atoms with van der Waals surface area (Å²) in [5.41, 5.74) is 5.08. The van der Waals surface area contributed by atoms with Crippen molar-refractivity contribution in [3.05, 3.63) is 65.9 Å². The Hall–Kier alpha value is -3.41. The fraction of sp³-hybridized carbons (Fsp3) is 0.150. The third kappa shape index (κ3) is 3.09. The number of fused-ring (bicyclic) bond motifs is 1. The highest BCUT2D eigenvalue weighted by Gasteiger charge is 2.12. The van der Waals surface area contributed by atoms with E-state index in [0.29, 0.717) is 5.95 Å². The molecule has 0 saturated carbocycles. The molecule has 2 heterocycles. The molecule has 0 amide bonds. The fourth-order valence-electron chi connectivity index (χ4n) is 2.78. The highest BCUT2D eigenvalue weighted by Crippen LogP contribution is 2.27. The lowest BCUT2D eigenvalue weighted by Crippen LogP contribution is -2.04. The van der Waals surface area contributed by atoms with Gasteiger partial charge in [-0.15, -0.1) is 0 Å². The average Bonchev–Trinajstić information content (AvgIpc) is 3.00. The zero-order valence-corrected chi connectivity index (χ0v) is 15.0. The summed E-state index contributed by atoms with van der Waals surface area (Å²) in [6, 6.07) is 16.3. The van der Waals surface area contributed by atoms with Crippen LogP contribution in [0.4, 0.5) is 23.1 Å². The molecule has 0 aliphatic rings. The van der Waals surface area contributed by atoms with Gasteiger partial charge < -0.3 is 10.6 Å². The minimum atomic E-state index is 0.529. The number of aromatic nitrogens is 4. The summed E-state index contributed by atoms with van der Waals surface area (Å²) >= 11 is 0. The number of anilines is 4. The van der Waals surface area contributed by atoms with Crippen molar-refractivity contribution in [2.75, 3.05) is 10.6 Å². The predicted octanol–water partition coefficient (Wildman–Crippen LogP) is 4.47. The minimum Gasteiger partial charge on any atom is -0.339 e. The largest absolute Gasteiger partial charge is 0.339 e. The lowest BCUT2D eigenvalue weighted by Gasteiger charge is -2.12. The quantitative estimate of drug-likeness (QED) is 0.572. The molecule has 6 heteroatoms. The van der Waals surface area contributed by atoms with Gasteiger partial charge in [0.15, 0.2) is 5.65 Å². The number of rotatable bonds is 4. The van der Waals surface area contributed by atoms with Crippen molar-refractivity contribution in [2.45, 2.75) is 13.8 Å². The van der Waals surface area contributed by atoms with Crippen LogP contribution >= 0.6 is 0 Å². The van der Waals surface area contributed by atoms with Crippen LogP contribution in [-0.4, -0.2) is 19.7 Å². The maximum absolute atomic E-state index is 4.68. The van der Waals surface area contributed by atoms with E-state index >= 15 is 0 Å². The zero-order valence-electron chi connectivity index (χ0n) is 15.0. The van der Waals surface area contributed by atoms with Gasteiger partial charge in [0.2, 0.25) is 5.95 Å². The molecule has 130 valence electrons. The van der Waals surface area contributed by atoms with Crippen molar-refractivity contribution in [3.63, 3.8) is 0 Å². The molecule has 0 atom stereocenters. The molecule has 4 aromatic rings. The van der Waals surface area contributed by atoms with Gasteiger partial charge in [0, 0.05) is 18.4 Å². The van der Waals surface area contributed by atoms with Crippen LogP contribution in [0.3, 0.4) is 0 Å². The smallest absolute Gasteiger partial charge is 0.231 e. The van der Waals surface area contributed by atoms with Crippen LogP contribution in [0.2, 0.25) is 0 Å². The van der Waals surface area contributed by atoms with Crippen LogP contribution in [0.1, 0.15) is 11.1 Å². The summed E-state index contributed by atoms with van der Waals surface area (Å²) in [5, 5.41) is 11.9. The number of hydrogen-bond donors (Lipinski definition) is 2. The molecule has 4 rings (SSSR count). The van der Waals surface area contributed by atoms with E-state index in [1.54, 1.807) is 10.9 Å². The van der Waals surface area contributed by atoms with Crippen molar-refractivity contribution in [1.82, 2.24) is 19.7 Å². The van der Waals surface area contributed by atoms with E-state index in [1.165, 1.54) is 5.56 Å². The second-order valence-electron chi connectivity index (χ2n) is 6.33. The molecule has 0 spiro atoms. The second-order valence-corrected chi connectivity index (χ2v) is 6.33. The molecule has 0 unspecified atom stereocenters. The SMILES string of the molecule is Cc1ccc(Nc2nc(Nc3ccccc3C)c3cnn(C)c3n2)cc1. The van der Waals surface area contributed by atoms with Crippen LogP contribution in [0.15, 0.2) is 54.7 Å². The van der Waals surface area contributed by atoms with Crippen LogP contribution in [0.25, 0.3) is 11.0 Å². The molecular weight excluding hydrogens is 324 g/mol. The molecular formula is C20H20N6. The summed E-state index contributed by atoms with van der Waals surface area (Å²) in [6.45, 7) is 4.13. The van der Waals surface area contributed by atoms with E-state index in [0.717, 1.165) is 33.8 Å². The molecule has 0 fully saturated rings. The van der Waals surface area contributed by atoms with Crippen LogP contribution in [-0.2, 0) is 7.05 Å². The first kappa shape index (κ1) is 16.1. The Kier molecular flexibility index (Phi) is 4.01. The topological polar surface area (TPSA) is 67.7 Å². The van der Waals surface area contributed by atoms with Crippen LogP contribution in [0, 0.1) is 13.8 Å². The van der Waals surface area contributed by atoms with Gasteiger partial charge in [-0.25, -0.2) is 0 Å². The maximum atomic E-state index is 4.68. The van der Waals surface area contributed by atoms with E-state index in [9.17, 15) is 0 Å². The molecule has 2 N–H and O–H groups in total. The van der Waals surface area contributed by atoms with Crippen molar-refractivity contribution in [2.24, 2.45) is 7.05 Å². The Bertz CT molecular complexity index is 1070. The summed E-state index contributed by atoms with van der Waals surface area (Å²) < 4.78 is 1.75. The van der Waals surface area contributed by atoms with Gasteiger partial charge in [0.1, 0.15) is 5.82 Å². The Morgan fingerprint density at radius 3 is 2.42 bits per heavy atom. The number of nitrogens with zero attached hydrogens (tertiary/aromatic N) is 4. The molecule has 0 aliphatic heterocycles. The van der Waals surface area contributed by atoms with E-state index < -0.39 is 0 Å². The van der Waals surface area contributed by atoms with Crippen LogP contribution in [0.5, 0.6) is 0 Å². The first-order valence-corrected chi connectivity index (χ1v) is 8.46. The molecule has 2 aromatic carbocycles. The van der Waals surface area contributed by atoms with E-state index in [4.69, 9.17) is 0 Å². The third-order valence-corrected chi connectivity index (χ3v) is 4.30. The van der Waals surface area contributed by atoms with Gasteiger partial charge in [0.05, 0.1) is 11.6 Å². The van der Waals surface area contributed by atoms with E-state index in [1.807, 2.05) is 37.4 Å². The second kappa shape index (κ2) is 6.48. The van der Waals surface area contributed by atoms with Crippen molar-refractivity contribution < 1.29 is 0 Å². The number of nitrogens with one attached hydrogen (secondary N) is 2. The number of benzene rings is 2. The number of aryl methyl sites for hydroxylation is 3. The zero-order chi connectivity index (χ0) is 18.1. The lowest BCUT2D eigenvalue weighted by atomic mass is 10.2. The fourth-order valence-corrected chi connectivity index (χ4v) is 2.78. The van der Waals surface area contributed by atoms with Gasteiger partial charge in [-0.1, -0.05) is 35.9 Å². The minimum absolute atomic E-state index is 0.529. The summed E-state index contributed by atoms with van der Waals surface area (Å²) in [5.74, 6) is 1.26. The van der Waals surface area contributed by atoms with Crippen molar-refractivity contribution in [3.8, 4) is 0 Å². The van der Waals surface area contributed by atoms with Gasteiger partial charge in [-0.05, 0) is 37.6 Å². The molecule has 0 bridgehead atoms. The molecule has 6 nitrogen and oxygen atoms in total. The van der Waals surface area contributed by atoms with Crippen molar-refractivity contribution in [1.29, 1.82) is 0 Å². The highest BCUT2D eigenvalue weighted by molar-refractivity contribution is 5.90. The predicted molar refractivity (Wildman–Crippen MR) is 105 cm³/mol. The molecule has 0 aliphatic carbocycles. The Labute approximate surface area is 151 Å². The number of para-hydroxylation sites is 1. The summed E-state index contributed by atoms with van der Waals surface area (Å²) in [7, 11) is 1.88. The Morgan fingerprint density at radius 2 is 1.65 bits per heavy atom. The first-order valence-electron chi connectivity index (χ1n) is 8.46. The average molecular weight is 344 g/mol. The lowest BCUT2D eigenvalue weighted by molar-refractivity contribution is 0.786. The maximum Gasteiger partial charge on any atom is 0.231 e. The third-order valence-electron chi connectivity index (χ3n) is 4.30. The molecule has 2 aromatic heterocycles. The Balaban J connectivity index is 1.76. The van der Waals surface area contributed by atoms with Gasteiger partial charge in [-0.2, -0.15) is 15.1 Å². The van der Waals surface area contributed by atoms with E-state index in [-0.39, 0.29) is 0 Å². The summed E-state index contributed by atoms with van der Waals surface area (Å²) in [6.07, 6.45) is 1.78. The first-order chi connectivity index (χ1) is 12.6. The summed E-state index contributed by atoms with van der Waals surface area (Å²) in [4.78, 5) is 9.30. The van der Waals surface area contributed by atoms with Gasteiger partial charge in [0.25, 0.3) is 0 Å². The number of hydrogen-bond acceptors (Lipinski definition) is 5. The van der Waals surface area contributed by atoms with E-state index in [2.05, 4.69) is 57.7 Å².